The van der Waals surface area contributed by atoms with Crippen molar-refractivity contribution in [2.75, 3.05) is 5.32 Å². The molecule has 1 aromatic heterocycles. The molecule has 0 saturated heterocycles. The van der Waals surface area contributed by atoms with E-state index in [2.05, 4.69) is 20.9 Å². The Kier molecular flexibility index (Phi) is 6.71. The van der Waals surface area contributed by atoms with Crippen molar-refractivity contribution in [1.29, 1.82) is 0 Å². The summed E-state index contributed by atoms with van der Waals surface area (Å²) >= 11 is 6.52. The number of guanidine groups is 1. The number of halogens is 1. The standard InChI is InChI=1S/C27H24ClN5O3/c1-16-23(25(35)29-14-17-7-6-8-18(13-17)15-34)24(19-9-2-3-10-20(19)28)32-26(30-16)33-27-31-21-11-4-5-12-22(21)36-27/h2-13,24,34H,14-15H2,1H3,(H,29,35)(H2,30,31,32,33). The number of benzene rings is 3. The maximum Gasteiger partial charge on any atom is 0.302 e. The number of nitrogens with one attached hydrogen (secondary N) is 3. The maximum atomic E-state index is 13.4. The van der Waals surface area contributed by atoms with Gasteiger partial charge < -0.3 is 20.2 Å². The summed E-state index contributed by atoms with van der Waals surface area (Å²) in [6.07, 6.45) is 0. The van der Waals surface area contributed by atoms with Crippen LogP contribution in [-0.2, 0) is 17.9 Å². The minimum Gasteiger partial charge on any atom is -0.423 e. The van der Waals surface area contributed by atoms with Crippen LogP contribution < -0.4 is 16.0 Å². The minimum atomic E-state index is -0.657. The van der Waals surface area contributed by atoms with E-state index >= 15 is 0 Å². The lowest BCUT2D eigenvalue weighted by molar-refractivity contribution is -0.118. The SMILES string of the molecule is CC1=C(C(=O)NCc2cccc(CO)c2)C(c2ccccc2Cl)N=C(Nc2nc3ccccc3o2)N1. The molecule has 5 rings (SSSR count). The van der Waals surface area contributed by atoms with E-state index in [-0.39, 0.29) is 18.5 Å². The number of amides is 1. The average molecular weight is 502 g/mol. The molecule has 1 aliphatic rings. The van der Waals surface area contributed by atoms with Crippen LogP contribution >= 0.6 is 11.6 Å². The van der Waals surface area contributed by atoms with E-state index < -0.39 is 6.04 Å². The molecule has 182 valence electrons. The number of carbonyl (C=O) groups is 1. The van der Waals surface area contributed by atoms with E-state index in [0.717, 1.165) is 16.6 Å². The van der Waals surface area contributed by atoms with Crippen molar-refractivity contribution in [3.63, 3.8) is 0 Å². The smallest absolute Gasteiger partial charge is 0.302 e. The number of aromatic nitrogens is 1. The lowest BCUT2D eigenvalue weighted by atomic mass is 9.95. The molecule has 0 spiro atoms. The van der Waals surface area contributed by atoms with Crippen molar-refractivity contribution in [2.45, 2.75) is 26.1 Å². The van der Waals surface area contributed by atoms with Gasteiger partial charge in [0.15, 0.2) is 5.58 Å². The molecule has 3 aromatic carbocycles. The molecule has 1 aliphatic heterocycles. The highest BCUT2D eigenvalue weighted by Crippen LogP contribution is 2.35. The second kappa shape index (κ2) is 10.2. The Morgan fingerprint density at radius 3 is 2.67 bits per heavy atom. The number of aliphatic imine (C=N–C) groups is 1. The molecule has 36 heavy (non-hydrogen) atoms. The van der Waals surface area contributed by atoms with Crippen molar-refractivity contribution in [1.82, 2.24) is 15.6 Å². The van der Waals surface area contributed by atoms with Gasteiger partial charge in [-0.25, -0.2) is 4.99 Å². The van der Waals surface area contributed by atoms with Gasteiger partial charge in [-0.3, -0.25) is 10.1 Å². The fraction of sp³-hybridized carbons (Fsp3) is 0.148. The minimum absolute atomic E-state index is 0.0604. The molecule has 0 saturated carbocycles. The number of oxazole rings is 1. The highest BCUT2D eigenvalue weighted by molar-refractivity contribution is 6.31. The molecular formula is C27H24ClN5O3. The fourth-order valence-electron chi connectivity index (χ4n) is 4.10. The second-order valence-electron chi connectivity index (χ2n) is 8.34. The quantitative estimate of drug-likeness (QED) is 0.305. The van der Waals surface area contributed by atoms with Crippen molar-refractivity contribution >= 4 is 40.6 Å². The molecule has 0 radical (unpaired) electrons. The van der Waals surface area contributed by atoms with Gasteiger partial charge >= 0.3 is 6.01 Å². The van der Waals surface area contributed by atoms with Gasteiger partial charge in [-0.2, -0.15) is 4.98 Å². The van der Waals surface area contributed by atoms with Gasteiger partial charge in [0.05, 0.1) is 12.2 Å². The van der Waals surface area contributed by atoms with Crippen LogP contribution in [0.2, 0.25) is 5.02 Å². The number of anilines is 1. The van der Waals surface area contributed by atoms with Crippen LogP contribution in [0.5, 0.6) is 0 Å². The maximum absolute atomic E-state index is 13.4. The number of aliphatic hydroxyl groups excluding tert-OH is 1. The number of rotatable bonds is 6. The molecule has 8 nitrogen and oxygen atoms in total. The summed E-state index contributed by atoms with van der Waals surface area (Å²) < 4.78 is 5.77. The summed E-state index contributed by atoms with van der Waals surface area (Å²) in [6, 6.07) is 21.8. The van der Waals surface area contributed by atoms with Crippen molar-refractivity contribution in [3.05, 3.63) is 106 Å². The number of nitrogens with zero attached hydrogens (tertiary/aromatic N) is 2. The Morgan fingerprint density at radius 2 is 1.86 bits per heavy atom. The van der Waals surface area contributed by atoms with Crippen molar-refractivity contribution < 1.29 is 14.3 Å². The first-order valence-electron chi connectivity index (χ1n) is 11.4. The van der Waals surface area contributed by atoms with Crippen LogP contribution in [0.25, 0.3) is 11.1 Å². The van der Waals surface area contributed by atoms with E-state index in [1.165, 1.54) is 0 Å². The fourth-order valence-corrected chi connectivity index (χ4v) is 4.34. The zero-order valence-corrected chi connectivity index (χ0v) is 20.2. The van der Waals surface area contributed by atoms with Gasteiger partial charge in [0.1, 0.15) is 11.6 Å². The summed E-state index contributed by atoms with van der Waals surface area (Å²) in [5.74, 6) is 0.111. The Morgan fingerprint density at radius 1 is 1.08 bits per heavy atom. The van der Waals surface area contributed by atoms with Crippen LogP contribution in [0.3, 0.4) is 0 Å². The van der Waals surface area contributed by atoms with Gasteiger partial charge in [0.25, 0.3) is 5.91 Å². The molecule has 9 heteroatoms. The summed E-state index contributed by atoms with van der Waals surface area (Å²) in [6.45, 7) is 2.05. The summed E-state index contributed by atoms with van der Waals surface area (Å²) in [7, 11) is 0. The Balaban J connectivity index is 1.43. The van der Waals surface area contributed by atoms with E-state index in [1.807, 2.05) is 73.7 Å². The van der Waals surface area contributed by atoms with E-state index in [9.17, 15) is 9.90 Å². The van der Waals surface area contributed by atoms with Gasteiger partial charge in [-0.15, -0.1) is 0 Å². The van der Waals surface area contributed by atoms with E-state index in [4.69, 9.17) is 21.0 Å². The molecule has 1 atom stereocenters. The Labute approximate surface area is 212 Å². The first kappa shape index (κ1) is 23.6. The lowest BCUT2D eigenvalue weighted by Crippen LogP contribution is -2.39. The average Bonchev–Trinajstić information content (AvgIpc) is 3.29. The van der Waals surface area contributed by atoms with Gasteiger partial charge in [-0.1, -0.05) is 66.2 Å². The van der Waals surface area contributed by atoms with Crippen molar-refractivity contribution in [3.8, 4) is 0 Å². The molecule has 1 amide bonds. The number of aliphatic hydroxyl groups is 1. The third kappa shape index (κ3) is 4.95. The molecule has 0 bridgehead atoms. The van der Waals surface area contributed by atoms with Crippen LogP contribution in [-0.4, -0.2) is 22.0 Å². The monoisotopic (exact) mass is 501 g/mol. The third-order valence-electron chi connectivity index (χ3n) is 5.83. The van der Waals surface area contributed by atoms with Crippen molar-refractivity contribution in [2.24, 2.45) is 4.99 Å². The number of hydrogen-bond acceptors (Lipinski definition) is 7. The molecule has 0 aliphatic carbocycles. The second-order valence-corrected chi connectivity index (χ2v) is 8.75. The molecule has 4 N–H and O–H groups in total. The third-order valence-corrected chi connectivity index (χ3v) is 6.18. The van der Waals surface area contributed by atoms with Crippen LogP contribution in [0.1, 0.15) is 29.7 Å². The Hall–Kier alpha value is -4.14. The summed E-state index contributed by atoms with van der Waals surface area (Å²) in [5.41, 5.74) is 4.80. The number of allylic oxidation sites excluding steroid dienone is 1. The first-order chi connectivity index (χ1) is 17.5. The predicted octanol–water partition coefficient (Wildman–Crippen LogP) is 4.68. The van der Waals surface area contributed by atoms with Crippen LogP contribution in [0.15, 0.2) is 93.5 Å². The van der Waals surface area contributed by atoms with Crippen LogP contribution in [0.4, 0.5) is 6.01 Å². The van der Waals surface area contributed by atoms with Crippen LogP contribution in [0, 0.1) is 0 Å². The molecule has 0 fully saturated rings. The number of fused-ring (bicyclic) bond motifs is 1. The number of para-hydroxylation sites is 2. The highest BCUT2D eigenvalue weighted by atomic mass is 35.5. The predicted molar refractivity (Wildman–Crippen MR) is 139 cm³/mol. The van der Waals surface area contributed by atoms with E-state index in [1.54, 1.807) is 6.07 Å². The van der Waals surface area contributed by atoms with Gasteiger partial charge in [0.2, 0.25) is 5.96 Å². The molecule has 4 aromatic rings. The zero-order valence-electron chi connectivity index (χ0n) is 19.5. The van der Waals surface area contributed by atoms with Gasteiger partial charge in [-0.05, 0) is 36.2 Å². The van der Waals surface area contributed by atoms with E-state index in [0.29, 0.717) is 39.9 Å². The molecule has 2 heterocycles. The normalized spacial score (nSPS) is 15.4. The molecule has 1 unspecified atom stereocenters. The first-order valence-corrected chi connectivity index (χ1v) is 11.8. The zero-order chi connectivity index (χ0) is 25.1. The summed E-state index contributed by atoms with van der Waals surface area (Å²) in [5, 5.41) is 19.1. The Bertz CT molecular complexity index is 1460. The summed E-state index contributed by atoms with van der Waals surface area (Å²) in [4.78, 5) is 22.6. The highest BCUT2D eigenvalue weighted by Gasteiger charge is 2.31. The topological polar surface area (TPSA) is 112 Å². The number of hydrogen-bond donors (Lipinski definition) is 4. The lowest BCUT2D eigenvalue weighted by Gasteiger charge is -2.27. The van der Waals surface area contributed by atoms with Gasteiger partial charge in [0, 0.05) is 22.8 Å². The molecular weight excluding hydrogens is 478 g/mol. The largest absolute Gasteiger partial charge is 0.423 e. The number of carbonyl (C=O) groups excluding carboxylic acids is 1.